The quantitative estimate of drug-likeness (QED) is 0.217. The summed E-state index contributed by atoms with van der Waals surface area (Å²) in [6, 6.07) is 39.6. The summed E-state index contributed by atoms with van der Waals surface area (Å²) in [5, 5.41) is 19.7. The highest BCUT2D eigenvalue weighted by Crippen LogP contribution is 2.37. The van der Waals surface area contributed by atoms with Crippen LogP contribution in [0.2, 0.25) is 0 Å². The molecule has 0 amide bonds. The van der Waals surface area contributed by atoms with Crippen molar-refractivity contribution in [2.45, 2.75) is 26.2 Å². The molecule has 4 nitrogen and oxygen atoms in total. The summed E-state index contributed by atoms with van der Waals surface area (Å²) in [7, 11) is 0. The highest BCUT2D eigenvalue weighted by atomic mass is 16.5. The van der Waals surface area contributed by atoms with Gasteiger partial charge in [-0.3, -0.25) is 0 Å². The van der Waals surface area contributed by atoms with Crippen LogP contribution in [0.1, 0.15) is 29.2 Å². The van der Waals surface area contributed by atoms with Crippen LogP contribution in [0.3, 0.4) is 0 Å². The van der Waals surface area contributed by atoms with Crippen LogP contribution in [0.5, 0.6) is 17.2 Å². The fourth-order valence-electron chi connectivity index (χ4n) is 4.82. The standard InChI is InChI=1S/C35H33NO3/c1-25-7-13-29(14-8-25)36(31-6-4-5-26(2)23-31)30-15-21-34(22-16-30)39-24-35(3,27-9-17-32(37)18-10-27)28-11-19-33(38)20-12-28/h4-23,37-38H,24H2,1-3H3. The highest BCUT2D eigenvalue weighted by Gasteiger charge is 2.30. The normalized spacial score (nSPS) is 11.3. The van der Waals surface area contributed by atoms with E-state index in [0.717, 1.165) is 33.9 Å². The molecule has 4 heteroatoms. The third-order valence-corrected chi connectivity index (χ3v) is 7.18. The van der Waals surface area contributed by atoms with Crippen molar-refractivity contribution in [2.75, 3.05) is 11.5 Å². The second kappa shape index (κ2) is 11.0. The summed E-state index contributed by atoms with van der Waals surface area (Å²) in [6.45, 7) is 6.68. The van der Waals surface area contributed by atoms with Gasteiger partial charge in [0.15, 0.2) is 0 Å². The molecule has 5 aromatic carbocycles. The number of anilines is 3. The molecule has 0 radical (unpaired) electrons. The second-order valence-corrected chi connectivity index (χ2v) is 10.2. The van der Waals surface area contributed by atoms with Crippen molar-refractivity contribution in [3.05, 3.63) is 144 Å². The van der Waals surface area contributed by atoms with E-state index in [1.54, 1.807) is 24.3 Å². The van der Waals surface area contributed by atoms with Crippen molar-refractivity contribution in [1.82, 2.24) is 0 Å². The molecule has 0 atom stereocenters. The van der Waals surface area contributed by atoms with Crippen LogP contribution >= 0.6 is 0 Å². The summed E-state index contributed by atoms with van der Waals surface area (Å²) in [4.78, 5) is 2.24. The number of phenolic OH excluding ortho intramolecular Hbond substituents is 2. The van der Waals surface area contributed by atoms with Gasteiger partial charge in [-0.05, 0) is 110 Å². The Bertz CT molecular complexity index is 1480. The Balaban J connectivity index is 1.43. The maximum atomic E-state index is 9.83. The number of hydrogen-bond donors (Lipinski definition) is 2. The van der Waals surface area contributed by atoms with Crippen LogP contribution in [0, 0.1) is 13.8 Å². The maximum absolute atomic E-state index is 9.83. The number of hydrogen-bond acceptors (Lipinski definition) is 4. The molecular weight excluding hydrogens is 482 g/mol. The summed E-state index contributed by atoms with van der Waals surface area (Å²) in [6.07, 6.45) is 0. The maximum Gasteiger partial charge on any atom is 0.119 e. The molecule has 0 heterocycles. The van der Waals surface area contributed by atoms with Crippen molar-refractivity contribution in [2.24, 2.45) is 0 Å². The van der Waals surface area contributed by atoms with Gasteiger partial charge in [-0.2, -0.15) is 0 Å². The first-order valence-corrected chi connectivity index (χ1v) is 13.1. The lowest BCUT2D eigenvalue weighted by Crippen LogP contribution is -2.31. The van der Waals surface area contributed by atoms with E-state index in [0.29, 0.717) is 6.61 Å². The lowest BCUT2D eigenvalue weighted by Gasteiger charge is -2.31. The summed E-state index contributed by atoms with van der Waals surface area (Å²) in [5.74, 6) is 1.20. The zero-order valence-corrected chi connectivity index (χ0v) is 22.5. The van der Waals surface area contributed by atoms with Gasteiger partial charge >= 0.3 is 0 Å². The van der Waals surface area contributed by atoms with Crippen molar-refractivity contribution in [3.8, 4) is 17.2 Å². The highest BCUT2D eigenvalue weighted by molar-refractivity contribution is 5.77. The molecule has 0 aliphatic heterocycles. The first kappa shape index (κ1) is 25.9. The summed E-state index contributed by atoms with van der Waals surface area (Å²) >= 11 is 0. The predicted octanol–water partition coefficient (Wildman–Crippen LogP) is 8.57. The van der Waals surface area contributed by atoms with E-state index in [-0.39, 0.29) is 11.5 Å². The Morgan fingerprint density at radius 1 is 0.590 bits per heavy atom. The van der Waals surface area contributed by atoms with Crippen LogP contribution in [-0.4, -0.2) is 16.8 Å². The minimum atomic E-state index is -0.504. The van der Waals surface area contributed by atoms with Crippen LogP contribution < -0.4 is 9.64 Å². The third kappa shape index (κ3) is 5.75. The first-order valence-electron chi connectivity index (χ1n) is 13.1. The molecular formula is C35H33NO3. The zero-order chi connectivity index (χ0) is 27.4. The minimum Gasteiger partial charge on any atom is -0.508 e. The molecule has 0 saturated carbocycles. The zero-order valence-electron chi connectivity index (χ0n) is 22.5. The van der Waals surface area contributed by atoms with Gasteiger partial charge in [-0.15, -0.1) is 0 Å². The molecule has 196 valence electrons. The molecule has 0 aliphatic rings. The lowest BCUT2D eigenvalue weighted by molar-refractivity contribution is 0.253. The van der Waals surface area contributed by atoms with E-state index in [1.165, 1.54) is 11.1 Å². The van der Waals surface area contributed by atoms with E-state index < -0.39 is 5.41 Å². The molecule has 5 aromatic rings. The molecule has 0 aromatic heterocycles. The summed E-state index contributed by atoms with van der Waals surface area (Å²) in [5.41, 5.74) is 7.16. The Labute approximate surface area is 230 Å². The second-order valence-electron chi connectivity index (χ2n) is 10.2. The van der Waals surface area contributed by atoms with Gasteiger partial charge in [0.1, 0.15) is 23.9 Å². The molecule has 0 saturated heterocycles. The van der Waals surface area contributed by atoms with Crippen LogP contribution in [0.15, 0.2) is 121 Å². The van der Waals surface area contributed by atoms with Gasteiger partial charge in [-0.25, -0.2) is 0 Å². The number of nitrogens with zero attached hydrogens (tertiary/aromatic N) is 1. The van der Waals surface area contributed by atoms with Gasteiger partial charge < -0.3 is 19.8 Å². The largest absolute Gasteiger partial charge is 0.508 e. The third-order valence-electron chi connectivity index (χ3n) is 7.18. The van der Waals surface area contributed by atoms with E-state index >= 15 is 0 Å². The Hall–Kier alpha value is -4.70. The first-order chi connectivity index (χ1) is 18.8. The van der Waals surface area contributed by atoms with E-state index in [1.807, 2.05) is 36.4 Å². The molecule has 0 fully saturated rings. The minimum absolute atomic E-state index is 0.218. The van der Waals surface area contributed by atoms with Gasteiger partial charge in [-0.1, -0.05) is 54.1 Å². The molecule has 39 heavy (non-hydrogen) atoms. The van der Waals surface area contributed by atoms with Gasteiger partial charge in [0.25, 0.3) is 0 Å². The molecule has 0 spiro atoms. The average Bonchev–Trinajstić information content (AvgIpc) is 2.94. The molecule has 0 aliphatic carbocycles. The molecule has 0 bridgehead atoms. The van der Waals surface area contributed by atoms with Crippen molar-refractivity contribution < 1.29 is 14.9 Å². The topological polar surface area (TPSA) is 52.9 Å². The Morgan fingerprint density at radius 3 is 1.62 bits per heavy atom. The molecule has 5 rings (SSSR count). The van der Waals surface area contributed by atoms with Crippen LogP contribution in [-0.2, 0) is 5.41 Å². The Kier molecular flexibility index (Phi) is 7.29. The lowest BCUT2D eigenvalue weighted by atomic mass is 9.77. The number of aryl methyl sites for hydroxylation is 2. The van der Waals surface area contributed by atoms with Crippen molar-refractivity contribution in [3.63, 3.8) is 0 Å². The number of rotatable bonds is 8. The van der Waals surface area contributed by atoms with Crippen molar-refractivity contribution >= 4 is 17.1 Å². The fourth-order valence-corrected chi connectivity index (χ4v) is 4.82. The smallest absolute Gasteiger partial charge is 0.119 e. The average molecular weight is 516 g/mol. The Morgan fingerprint density at radius 2 is 1.10 bits per heavy atom. The van der Waals surface area contributed by atoms with E-state index in [2.05, 4.69) is 86.3 Å². The number of ether oxygens (including phenoxy) is 1. The molecule has 0 unspecified atom stereocenters. The SMILES string of the molecule is Cc1ccc(N(c2ccc(OCC(C)(c3ccc(O)cc3)c3ccc(O)cc3)cc2)c2cccc(C)c2)cc1. The van der Waals surface area contributed by atoms with Gasteiger partial charge in [0.05, 0.1) is 5.41 Å². The monoisotopic (exact) mass is 515 g/mol. The predicted molar refractivity (Wildman–Crippen MR) is 159 cm³/mol. The fraction of sp³-hybridized carbons (Fsp3) is 0.143. The van der Waals surface area contributed by atoms with Gasteiger partial charge in [0, 0.05) is 17.1 Å². The van der Waals surface area contributed by atoms with E-state index in [4.69, 9.17) is 4.74 Å². The number of benzene rings is 5. The number of aromatic hydroxyl groups is 2. The van der Waals surface area contributed by atoms with Crippen molar-refractivity contribution in [1.29, 1.82) is 0 Å². The van der Waals surface area contributed by atoms with E-state index in [9.17, 15) is 10.2 Å². The van der Waals surface area contributed by atoms with Gasteiger partial charge in [0.2, 0.25) is 0 Å². The van der Waals surface area contributed by atoms with Crippen LogP contribution in [0.4, 0.5) is 17.1 Å². The number of phenols is 2. The molecule has 2 N–H and O–H groups in total. The van der Waals surface area contributed by atoms with Crippen LogP contribution in [0.25, 0.3) is 0 Å². The summed E-state index contributed by atoms with van der Waals surface area (Å²) < 4.78 is 6.38.